The molecular weight excluding hydrogens is 309 g/mol. The van der Waals surface area contributed by atoms with Crippen molar-refractivity contribution in [2.24, 2.45) is 5.84 Å². The number of nitrogens with zero attached hydrogens (tertiary/aromatic N) is 2. The number of nitrogen functional groups attached to an aromatic ring is 1. The number of hydrogen-bond donors (Lipinski definition) is 3. The molecule has 0 bridgehead atoms. The zero-order chi connectivity index (χ0) is 14.8. The summed E-state index contributed by atoms with van der Waals surface area (Å²) in [6.45, 7) is 0. The van der Waals surface area contributed by atoms with E-state index in [1.807, 2.05) is 24.3 Å². The van der Waals surface area contributed by atoms with Gasteiger partial charge in [0, 0.05) is 10.4 Å². The number of para-hydroxylation sites is 1. The molecule has 4 N–H and O–H groups in total. The molecule has 3 rings (SSSR count). The van der Waals surface area contributed by atoms with E-state index in [2.05, 4.69) is 20.7 Å². The van der Waals surface area contributed by atoms with Crippen LogP contribution in [0.2, 0.25) is 10.0 Å². The number of nitrogens with one attached hydrogen (secondary N) is 2. The molecule has 0 aliphatic rings. The summed E-state index contributed by atoms with van der Waals surface area (Å²) in [5.74, 6) is 6.34. The molecule has 1 heterocycles. The number of nitrogens with two attached hydrogens (primary N) is 1. The van der Waals surface area contributed by atoms with Gasteiger partial charge < -0.3 is 5.32 Å². The van der Waals surface area contributed by atoms with Crippen LogP contribution in [0.3, 0.4) is 0 Å². The Kier molecular flexibility index (Phi) is 3.79. The molecule has 0 aliphatic heterocycles. The molecule has 106 valence electrons. The van der Waals surface area contributed by atoms with Crippen LogP contribution >= 0.6 is 23.2 Å². The SMILES string of the molecule is NNc1nc(Nc2ccc(Cl)cc2Cl)c2ccccc2n1. The Labute approximate surface area is 131 Å². The van der Waals surface area contributed by atoms with Gasteiger partial charge in [-0.15, -0.1) is 0 Å². The fourth-order valence-electron chi connectivity index (χ4n) is 1.95. The normalized spacial score (nSPS) is 10.6. The minimum absolute atomic E-state index is 0.321. The van der Waals surface area contributed by atoms with Gasteiger partial charge in [-0.1, -0.05) is 35.3 Å². The van der Waals surface area contributed by atoms with Gasteiger partial charge in [0.1, 0.15) is 5.82 Å². The second-order valence-electron chi connectivity index (χ2n) is 4.31. The van der Waals surface area contributed by atoms with Crippen LogP contribution in [0.15, 0.2) is 42.5 Å². The summed E-state index contributed by atoms with van der Waals surface area (Å²) in [4.78, 5) is 8.62. The highest BCUT2D eigenvalue weighted by Crippen LogP contribution is 2.30. The van der Waals surface area contributed by atoms with E-state index in [0.29, 0.717) is 27.5 Å². The lowest BCUT2D eigenvalue weighted by atomic mass is 10.2. The molecule has 0 fully saturated rings. The van der Waals surface area contributed by atoms with E-state index in [-0.39, 0.29) is 0 Å². The monoisotopic (exact) mass is 319 g/mol. The third-order valence-corrected chi connectivity index (χ3v) is 3.46. The third-order valence-electron chi connectivity index (χ3n) is 2.92. The van der Waals surface area contributed by atoms with Gasteiger partial charge in [0.2, 0.25) is 5.95 Å². The number of fused-ring (bicyclic) bond motifs is 1. The average Bonchev–Trinajstić information content (AvgIpc) is 2.49. The Bertz CT molecular complexity index is 806. The molecule has 7 heteroatoms. The Morgan fingerprint density at radius 2 is 1.81 bits per heavy atom. The number of halogens is 2. The first-order valence-corrected chi connectivity index (χ1v) is 6.88. The van der Waals surface area contributed by atoms with Crippen LogP contribution in [0.5, 0.6) is 0 Å². The van der Waals surface area contributed by atoms with Gasteiger partial charge in [-0.3, -0.25) is 5.43 Å². The van der Waals surface area contributed by atoms with Crippen molar-refractivity contribution in [1.82, 2.24) is 9.97 Å². The highest BCUT2D eigenvalue weighted by Gasteiger charge is 2.09. The summed E-state index contributed by atoms with van der Waals surface area (Å²) in [6.07, 6.45) is 0. The van der Waals surface area contributed by atoms with Crippen molar-refractivity contribution in [3.63, 3.8) is 0 Å². The van der Waals surface area contributed by atoms with Crippen molar-refractivity contribution in [1.29, 1.82) is 0 Å². The second kappa shape index (κ2) is 5.73. The van der Waals surface area contributed by atoms with E-state index >= 15 is 0 Å². The standard InChI is InChI=1S/C14H11Cl2N5/c15-8-5-6-12(10(16)7-8)18-13-9-3-1-2-4-11(9)19-14(20-13)21-17/h1-7H,17H2,(H2,18,19,20,21). The van der Waals surface area contributed by atoms with Gasteiger partial charge >= 0.3 is 0 Å². The molecule has 0 radical (unpaired) electrons. The minimum atomic E-state index is 0.321. The molecule has 2 aromatic carbocycles. The van der Waals surface area contributed by atoms with Crippen LogP contribution < -0.4 is 16.6 Å². The molecule has 21 heavy (non-hydrogen) atoms. The Hall–Kier alpha value is -2.08. The minimum Gasteiger partial charge on any atom is -0.338 e. The molecule has 0 atom stereocenters. The summed E-state index contributed by atoms with van der Waals surface area (Å²) < 4.78 is 0. The summed E-state index contributed by atoms with van der Waals surface area (Å²) >= 11 is 12.1. The zero-order valence-corrected chi connectivity index (χ0v) is 12.3. The van der Waals surface area contributed by atoms with E-state index in [4.69, 9.17) is 29.0 Å². The lowest BCUT2D eigenvalue weighted by Crippen LogP contribution is -2.11. The van der Waals surface area contributed by atoms with Crippen molar-refractivity contribution in [3.8, 4) is 0 Å². The number of hydrogen-bond acceptors (Lipinski definition) is 5. The quantitative estimate of drug-likeness (QED) is 0.503. The number of anilines is 3. The topological polar surface area (TPSA) is 75.9 Å². The fourth-order valence-corrected chi connectivity index (χ4v) is 2.41. The first kappa shape index (κ1) is 13.9. The smallest absolute Gasteiger partial charge is 0.239 e. The van der Waals surface area contributed by atoms with Crippen LogP contribution in [0.25, 0.3) is 10.9 Å². The van der Waals surface area contributed by atoms with Gasteiger partial charge in [0.15, 0.2) is 0 Å². The molecule has 0 saturated carbocycles. The fraction of sp³-hybridized carbons (Fsp3) is 0. The van der Waals surface area contributed by atoms with E-state index in [9.17, 15) is 0 Å². The van der Waals surface area contributed by atoms with Crippen LogP contribution in [0, 0.1) is 0 Å². The van der Waals surface area contributed by atoms with Crippen molar-refractivity contribution in [2.75, 3.05) is 10.7 Å². The van der Waals surface area contributed by atoms with E-state index in [1.54, 1.807) is 18.2 Å². The lowest BCUT2D eigenvalue weighted by molar-refractivity contribution is 1.15. The van der Waals surface area contributed by atoms with Crippen LogP contribution in [0.4, 0.5) is 17.5 Å². The molecule has 0 spiro atoms. The lowest BCUT2D eigenvalue weighted by Gasteiger charge is -2.11. The number of rotatable bonds is 3. The average molecular weight is 320 g/mol. The van der Waals surface area contributed by atoms with Crippen LogP contribution in [-0.2, 0) is 0 Å². The molecule has 0 aliphatic carbocycles. The third kappa shape index (κ3) is 2.85. The van der Waals surface area contributed by atoms with Gasteiger partial charge in [-0.25, -0.2) is 10.8 Å². The maximum Gasteiger partial charge on any atom is 0.239 e. The van der Waals surface area contributed by atoms with E-state index in [0.717, 1.165) is 10.9 Å². The van der Waals surface area contributed by atoms with Gasteiger partial charge in [-0.2, -0.15) is 4.98 Å². The highest BCUT2D eigenvalue weighted by molar-refractivity contribution is 6.36. The summed E-state index contributed by atoms with van der Waals surface area (Å²) in [7, 11) is 0. The first-order chi connectivity index (χ1) is 10.2. The van der Waals surface area contributed by atoms with Gasteiger partial charge in [-0.05, 0) is 30.3 Å². The molecular formula is C14H11Cl2N5. The van der Waals surface area contributed by atoms with Crippen molar-refractivity contribution >= 4 is 51.6 Å². The Morgan fingerprint density at radius 3 is 2.57 bits per heavy atom. The first-order valence-electron chi connectivity index (χ1n) is 6.13. The van der Waals surface area contributed by atoms with Gasteiger partial charge in [0.05, 0.1) is 16.2 Å². The summed E-state index contributed by atoms with van der Waals surface area (Å²) in [5, 5.41) is 5.12. The molecule has 1 aromatic heterocycles. The predicted molar refractivity (Wildman–Crippen MR) is 87.1 cm³/mol. The molecule has 0 unspecified atom stereocenters. The van der Waals surface area contributed by atoms with E-state index in [1.165, 1.54) is 0 Å². The largest absolute Gasteiger partial charge is 0.338 e. The maximum atomic E-state index is 6.17. The van der Waals surface area contributed by atoms with Gasteiger partial charge in [0.25, 0.3) is 0 Å². The van der Waals surface area contributed by atoms with E-state index < -0.39 is 0 Å². The Morgan fingerprint density at radius 1 is 1.00 bits per heavy atom. The van der Waals surface area contributed by atoms with Crippen LogP contribution in [0.1, 0.15) is 0 Å². The number of hydrazine groups is 1. The molecule has 0 saturated heterocycles. The van der Waals surface area contributed by atoms with Crippen molar-refractivity contribution < 1.29 is 0 Å². The molecule has 3 aromatic rings. The molecule has 0 amide bonds. The Balaban J connectivity index is 2.10. The van der Waals surface area contributed by atoms with Crippen LogP contribution in [-0.4, -0.2) is 9.97 Å². The number of benzene rings is 2. The highest BCUT2D eigenvalue weighted by atomic mass is 35.5. The predicted octanol–water partition coefficient (Wildman–Crippen LogP) is 3.97. The van der Waals surface area contributed by atoms with Crippen molar-refractivity contribution in [3.05, 3.63) is 52.5 Å². The number of aromatic nitrogens is 2. The second-order valence-corrected chi connectivity index (χ2v) is 5.15. The zero-order valence-electron chi connectivity index (χ0n) is 10.8. The van der Waals surface area contributed by atoms with Crippen molar-refractivity contribution in [2.45, 2.75) is 0 Å². The maximum absolute atomic E-state index is 6.17. The summed E-state index contributed by atoms with van der Waals surface area (Å²) in [5.41, 5.74) is 3.93. The molecule has 5 nitrogen and oxygen atoms in total. The summed E-state index contributed by atoms with van der Waals surface area (Å²) in [6, 6.07) is 12.8.